The van der Waals surface area contributed by atoms with Crippen LogP contribution >= 0.6 is 0 Å². The van der Waals surface area contributed by atoms with Gasteiger partial charge in [-0.1, -0.05) is 175 Å². The lowest BCUT2D eigenvalue weighted by molar-refractivity contribution is -0.155. The molecule has 0 aliphatic heterocycles. The van der Waals surface area contributed by atoms with E-state index >= 15 is 0 Å². The van der Waals surface area contributed by atoms with Gasteiger partial charge in [-0.2, -0.15) is 0 Å². The van der Waals surface area contributed by atoms with Crippen molar-refractivity contribution >= 4 is 98.8 Å². The zero-order valence-electron chi connectivity index (χ0n) is 63.7. The van der Waals surface area contributed by atoms with E-state index in [-0.39, 0.29) is 137 Å². The first-order valence-corrected chi connectivity index (χ1v) is 37.2. The number of nitrogens with one attached hydrogen (secondary N) is 3. The van der Waals surface area contributed by atoms with Crippen molar-refractivity contribution in [2.75, 3.05) is 29.2 Å². The molecule has 4 aliphatic carbocycles. The first kappa shape index (κ1) is 80.9. The number of hydrogen-bond donors (Lipinski definition) is 3. The van der Waals surface area contributed by atoms with Gasteiger partial charge in [-0.05, 0) is 132 Å². The molecule has 0 fully saturated rings. The fourth-order valence-electron chi connectivity index (χ4n) is 12.6. The van der Waals surface area contributed by atoms with Crippen molar-refractivity contribution < 1.29 is 76.6 Å². The van der Waals surface area contributed by atoms with Crippen molar-refractivity contribution in [2.24, 2.45) is 22.7 Å². The van der Waals surface area contributed by atoms with Gasteiger partial charge in [-0.3, -0.25) is 67.1 Å². The third kappa shape index (κ3) is 18.1. The molecule has 0 radical (unpaired) electrons. The minimum Gasteiger partial charge on any atom is -0.465 e. The van der Waals surface area contributed by atoms with E-state index in [0.29, 0.717) is 114 Å². The summed E-state index contributed by atoms with van der Waals surface area (Å²) >= 11 is 0. The lowest BCUT2D eigenvalue weighted by atomic mass is 9.83. The Hall–Kier alpha value is -12.6. The van der Waals surface area contributed by atoms with E-state index in [2.05, 4.69) is 16.0 Å². The largest absolute Gasteiger partial charge is 0.465 e. The highest BCUT2D eigenvalue weighted by atomic mass is 16.5. The van der Waals surface area contributed by atoms with Crippen molar-refractivity contribution in [2.45, 2.75) is 121 Å². The molecule has 19 nitrogen and oxygen atoms in total. The molecule has 3 N–H and O–H groups in total. The van der Waals surface area contributed by atoms with Crippen molar-refractivity contribution in [1.29, 1.82) is 0 Å². The summed E-state index contributed by atoms with van der Waals surface area (Å²) in [5.74, 6) is -2.63. The van der Waals surface area contributed by atoms with E-state index in [4.69, 9.17) is 9.47 Å². The van der Waals surface area contributed by atoms with E-state index < -0.39 is 10.8 Å². The zero-order valence-corrected chi connectivity index (χ0v) is 63.7. The fraction of sp³-hybridized carbons (Fsp3) is 0.261. The number of carbonyl (C=O) groups excluding carboxylic acids is 14. The third-order valence-electron chi connectivity index (χ3n) is 20.6. The number of amides is 3. The number of hydrogen-bond acceptors (Lipinski definition) is 16. The number of ether oxygens (including phenoxy) is 2. The van der Waals surface area contributed by atoms with Gasteiger partial charge >= 0.3 is 11.9 Å². The Morgan fingerprint density at radius 2 is 0.748 bits per heavy atom. The van der Waals surface area contributed by atoms with Crippen LogP contribution in [0.4, 0.5) is 17.1 Å². The zero-order chi connectivity index (χ0) is 80.2. The maximum Gasteiger partial charge on any atom is 0.311 e. The van der Waals surface area contributed by atoms with Gasteiger partial charge in [0.05, 0.1) is 23.9 Å². The summed E-state index contributed by atoms with van der Waals surface area (Å²) < 4.78 is 10.4. The number of ketones is 9. The van der Waals surface area contributed by atoms with E-state index in [1.165, 1.54) is 12.1 Å². The number of anilines is 3. The molecule has 566 valence electrons. The van der Waals surface area contributed by atoms with Gasteiger partial charge in [0.2, 0.25) is 11.8 Å². The predicted molar refractivity (Wildman–Crippen MR) is 422 cm³/mol. The van der Waals surface area contributed by atoms with Crippen LogP contribution in [0.3, 0.4) is 0 Å². The summed E-state index contributed by atoms with van der Waals surface area (Å²) in [6.07, 6.45) is 3.79. The van der Waals surface area contributed by atoms with Gasteiger partial charge in [0.1, 0.15) is 12.4 Å². The van der Waals surface area contributed by atoms with Crippen LogP contribution in [-0.2, 0) is 39.9 Å². The van der Waals surface area contributed by atoms with Crippen molar-refractivity contribution in [1.82, 2.24) is 0 Å². The summed E-state index contributed by atoms with van der Waals surface area (Å²) in [7, 11) is 0. The van der Waals surface area contributed by atoms with Gasteiger partial charge < -0.3 is 25.4 Å². The Morgan fingerprint density at radius 1 is 0.369 bits per heavy atom. The van der Waals surface area contributed by atoms with Gasteiger partial charge in [-0.15, -0.1) is 0 Å². The van der Waals surface area contributed by atoms with Crippen molar-refractivity contribution in [3.63, 3.8) is 0 Å². The van der Waals surface area contributed by atoms with E-state index in [9.17, 15) is 67.1 Å². The Bertz CT molecular complexity index is 5270. The number of fused-ring (bicyclic) bond motifs is 9. The topological polar surface area (TPSA) is 294 Å². The van der Waals surface area contributed by atoms with Crippen LogP contribution in [-0.4, -0.2) is 94.9 Å². The first-order valence-electron chi connectivity index (χ1n) is 37.2. The summed E-state index contributed by atoms with van der Waals surface area (Å²) in [4.78, 5) is 174. The second-order valence-electron chi connectivity index (χ2n) is 29.0. The number of Topliss-reactive ketones (excluding diaryl/α,β-unsaturated/α-hetero) is 2. The number of esters is 2. The molecule has 0 saturated carbocycles. The normalized spacial score (nSPS) is 13.1. The molecule has 0 heterocycles. The van der Waals surface area contributed by atoms with E-state index in [1.807, 2.05) is 97.9 Å². The van der Waals surface area contributed by atoms with Crippen LogP contribution in [0, 0.1) is 22.7 Å². The SMILES string of the molecule is CCC(C)(C)C(=O)OCCC(=O)Nc1ccc2c(c1)C(=O)c1ccccc1C2=O.CCC(C)(C)C(=O)OCCCC(=O)Cc1ccc2c(c1)C(=O)c1ccccc1C2=O.CCC(C)C(=O)Nc1cccc2c1-c1ccccc1C2=O.CCC(C)C(=O)c1ccc(C(=O)Nc2ccc3c(c2)C(=O)c2ccccc2C3=O)cc1. The fourth-order valence-corrected chi connectivity index (χ4v) is 12.6. The minimum absolute atomic E-state index is 0.00166. The molecule has 0 spiro atoms. The van der Waals surface area contributed by atoms with Gasteiger partial charge in [0, 0.05) is 136 Å². The second kappa shape index (κ2) is 35.2. The first-order chi connectivity index (χ1) is 53.0. The number of rotatable bonds is 22. The average Bonchev–Trinajstić information content (AvgIpc) is 1.74. The predicted octanol–water partition coefficient (Wildman–Crippen LogP) is 16.9. The van der Waals surface area contributed by atoms with Gasteiger partial charge in [0.15, 0.2) is 46.3 Å². The monoisotopic (exact) mass is 1490 g/mol. The Balaban J connectivity index is 0.000000159. The molecule has 19 heteroatoms. The second-order valence-corrected chi connectivity index (χ2v) is 29.0. The lowest BCUT2D eigenvalue weighted by Crippen LogP contribution is -2.27. The van der Waals surface area contributed by atoms with Crippen LogP contribution in [0.5, 0.6) is 0 Å². The third-order valence-corrected chi connectivity index (χ3v) is 20.6. The standard InChI is InChI=1S/C26H21NO4.C25H26O5.C23H23NO5.C18H17NO2/c1-3-15(2)23(28)16-8-10-17(11-9-16)26(31)27-18-12-13-21-22(14-18)25(30)20-7-5-4-6-19(20)24(21)29;1-4-25(2,3)24(29)30-13-7-8-17(26)14-16-11-12-20-21(15-16)23(28)19-10-6-5-9-18(19)22(20)27;1-4-23(2,3)22(28)29-12-11-19(25)24-14-9-10-17-18(13-14)21(27)16-8-6-5-7-15(16)20(17)26;1-3-11(2)18(21)19-15-10-6-9-14-16(15)12-7-4-5-8-13(12)17(14)20/h4-15H,3H2,1-2H3,(H,27,31);5-6,9-12,15H,4,7-8,13-14H2,1-3H3;5-10,13H,4,11-12H2,1-3H3,(H,24,25);4-11H,3H2,1-2H3,(H,19,21). The molecule has 0 bridgehead atoms. The van der Waals surface area contributed by atoms with Crippen LogP contribution in [0.2, 0.25) is 0 Å². The Morgan fingerprint density at radius 3 is 1.21 bits per heavy atom. The molecule has 111 heavy (non-hydrogen) atoms. The van der Waals surface area contributed by atoms with E-state index in [0.717, 1.165) is 29.7 Å². The Labute approximate surface area is 644 Å². The van der Waals surface area contributed by atoms with Crippen molar-refractivity contribution in [3.05, 3.63) is 289 Å². The van der Waals surface area contributed by atoms with Crippen LogP contribution < -0.4 is 16.0 Å². The minimum atomic E-state index is -0.585. The van der Waals surface area contributed by atoms with Crippen LogP contribution in [0.1, 0.15) is 252 Å². The summed E-state index contributed by atoms with van der Waals surface area (Å²) in [5.41, 5.74) is 9.46. The summed E-state index contributed by atoms with van der Waals surface area (Å²) in [5, 5.41) is 8.41. The molecule has 0 saturated heterocycles. The number of benzene rings is 9. The highest BCUT2D eigenvalue weighted by molar-refractivity contribution is 6.31. The van der Waals surface area contributed by atoms with Crippen LogP contribution in [0.25, 0.3) is 11.1 Å². The molecular weight excluding hydrogens is 1400 g/mol. The molecule has 2 unspecified atom stereocenters. The quantitative estimate of drug-likeness (QED) is 0.0323. The molecule has 3 amide bonds. The maximum absolute atomic E-state index is 12.8. The number of carbonyl (C=O) groups is 14. The molecular formula is C92H87N3O16. The molecule has 13 rings (SSSR count). The van der Waals surface area contributed by atoms with Gasteiger partial charge in [0.25, 0.3) is 5.91 Å². The molecule has 4 aliphatic rings. The molecule has 2 atom stereocenters. The smallest absolute Gasteiger partial charge is 0.311 e. The Kier molecular flexibility index (Phi) is 25.6. The molecule has 9 aromatic rings. The highest BCUT2D eigenvalue weighted by Gasteiger charge is 2.35. The molecule has 0 aromatic heterocycles. The van der Waals surface area contributed by atoms with Gasteiger partial charge in [-0.25, -0.2) is 0 Å². The van der Waals surface area contributed by atoms with E-state index in [1.54, 1.807) is 153 Å². The lowest BCUT2D eigenvalue weighted by Gasteiger charge is -2.20. The van der Waals surface area contributed by atoms with Crippen LogP contribution in [0.15, 0.2) is 194 Å². The molecule has 9 aromatic carbocycles. The van der Waals surface area contributed by atoms with Crippen molar-refractivity contribution in [3.8, 4) is 11.1 Å². The average molecular weight is 1490 g/mol. The summed E-state index contributed by atoms with van der Waals surface area (Å²) in [6.45, 7) is 19.0. The highest BCUT2D eigenvalue weighted by Crippen LogP contribution is 2.42. The maximum atomic E-state index is 12.8. The summed E-state index contributed by atoms with van der Waals surface area (Å²) in [6, 6.07) is 54.1.